The van der Waals surface area contributed by atoms with Gasteiger partial charge in [-0.2, -0.15) is 0 Å². The Balaban J connectivity index is 1.60. The van der Waals surface area contributed by atoms with Crippen LogP contribution in [-0.2, 0) is 13.0 Å². The number of nitrogens with one attached hydrogen (secondary N) is 1. The van der Waals surface area contributed by atoms with Crippen molar-refractivity contribution in [3.63, 3.8) is 0 Å². The van der Waals surface area contributed by atoms with Crippen LogP contribution in [0.15, 0.2) is 54.6 Å². The molecule has 2 unspecified atom stereocenters. The van der Waals surface area contributed by atoms with Crippen LogP contribution in [-0.4, -0.2) is 34.6 Å². The van der Waals surface area contributed by atoms with Gasteiger partial charge < -0.3 is 9.88 Å². The van der Waals surface area contributed by atoms with E-state index >= 15 is 0 Å². The second-order valence-corrected chi connectivity index (χ2v) is 8.80. The van der Waals surface area contributed by atoms with E-state index in [4.69, 9.17) is 0 Å². The molecule has 28 heavy (non-hydrogen) atoms. The van der Waals surface area contributed by atoms with Gasteiger partial charge >= 0.3 is 0 Å². The third-order valence-corrected chi connectivity index (χ3v) is 6.55. The molecule has 2 aliphatic heterocycles. The number of hydrogen-bond acceptors (Lipinski definition) is 2. The Morgan fingerprint density at radius 1 is 1.00 bits per heavy atom. The summed E-state index contributed by atoms with van der Waals surface area (Å²) in [7, 11) is 0. The van der Waals surface area contributed by atoms with Crippen molar-refractivity contribution in [3.05, 3.63) is 71.4 Å². The largest absolute Gasteiger partial charge is 0.338 e. The molecular weight excluding hydrogens is 342 g/mol. The van der Waals surface area contributed by atoms with Crippen LogP contribution in [0.3, 0.4) is 0 Å². The summed E-state index contributed by atoms with van der Waals surface area (Å²) < 4.78 is 2.62. The van der Waals surface area contributed by atoms with E-state index in [1.165, 1.54) is 48.8 Å². The van der Waals surface area contributed by atoms with Crippen molar-refractivity contribution < 1.29 is 0 Å². The molecule has 1 N–H and O–H groups in total. The minimum atomic E-state index is 0.532. The number of hydrogen-bond donors (Lipinski definition) is 1. The summed E-state index contributed by atoms with van der Waals surface area (Å²) in [6.45, 7) is 7.91. The summed E-state index contributed by atoms with van der Waals surface area (Å²) in [5.74, 6) is 0. The van der Waals surface area contributed by atoms with E-state index in [1.807, 2.05) is 0 Å². The number of para-hydroxylation sites is 1. The Morgan fingerprint density at radius 2 is 1.79 bits per heavy atom. The number of benzene rings is 2. The predicted octanol–water partition coefficient (Wildman–Crippen LogP) is 4.75. The minimum absolute atomic E-state index is 0.532. The van der Waals surface area contributed by atoms with E-state index in [9.17, 15) is 0 Å². The maximum Gasteiger partial charge on any atom is 0.0518 e. The number of nitrogens with zero attached hydrogens (tertiary/aromatic N) is 2. The standard InChI is InChI=1S/C25H31N3/c1-18(2)26-20-12-14-27-15-13-22-21-10-6-7-11-23(21)28(25(22)24(27)16-20)17-19-8-4-3-5-9-19/h3-11,18,20,24,26H,12-17H2,1-2H3. The van der Waals surface area contributed by atoms with Crippen LogP contribution in [0.1, 0.15) is 49.6 Å². The zero-order valence-electron chi connectivity index (χ0n) is 17.1. The van der Waals surface area contributed by atoms with Crippen LogP contribution < -0.4 is 5.32 Å². The summed E-state index contributed by atoms with van der Waals surface area (Å²) in [6.07, 6.45) is 3.66. The lowest BCUT2D eigenvalue weighted by atomic mass is 9.88. The molecule has 1 aromatic heterocycles. The van der Waals surface area contributed by atoms with Crippen molar-refractivity contribution in [2.75, 3.05) is 13.1 Å². The fourth-order valence-electron chi connectivity index (χ4n) is 5.42. The van der Waals surface area contributed by atoms with Crippen molar-refractivity contribution in [3.8, 4) is 0 Å². The Kier molecular flexibility index (Phi) is 4.73. The van der Waals surface area contributed by atoms with Gasteiger partial charge in [-0.05, 0) is 36.5 Å². The fourth-order valence-corrected chi connectivity index (χ4v) is 5.42. The predicted molar refractivity (Wildman–Crippen MR) is 117 cm³/mol. The molecule has 0 spiro atoms. The number of aromatic nitrogens is 1. The van der Waals surface area contributed by atoms with Crippen LogP contribution >= 0.6 is 0 Å². The lowest BCUT2D eigenvalue weighted by Crippen LogP contribution is -2.48. The summed E-state index contributed by atoms with van der Waals surface area (Å²) in [5.41, 5.74) is 5.96. The van der Waals surface area contributed by atoms with Gasteiger partial charge in [0.15, 0.2) is 0 Å². The lowest BCUT2D eigenvalue weighted by molar-refractivity contribution is 0.108. The molecule has 3 aromatic rings. The monoisotopic (exact) mass is 373 g/mol. The average molecular weight is 374 g/mol. The molecule has 1 fully saturated rings. The first-order chi connectivity index (χ1) is 13.7. The Hall–Kier alpha value is -2.10. The molecule has 146 valence electrons. The molecule has 0 aliphatic carbocycles. The quantitative estimate of drug-likeness (QED) is 0.712. The fraction of sp³-hybridized carbons (Fsp3) is 0.440. The third-order valence-electron chi connectivity index (χ3n) is 6.55. The first-order valence-electron chi connectivity index (χ1n) is 10.8. The molecule has 1 saturated heterocycles. The Morgan fingerprint density at radius 3 is 2.61 bits per heavy atom. The first kappa shape index (κ1) is 18.0. The van der Waals surface area contributed by atoms with E-state index < -0.39 is 0 Å². The van der Waals surface area contributed by atoms with Gasteiger partial charge in [0.05, 0.1) is 6.04 Å². The maximum absolute atomic E-state index is 3.81. The molecule has 3 heteroatoms. The minimum Gasteiger partial charge on any atom is -0.338 e. The van der Waals surface area contributed by atoms with E-state index in [2.05, 4.69) is 83.2 Å². The molecule has 3 nitrogen and oxygen atoms in total. The van der Waals surface area contributed by atoms with E-state index in [0.717, 1.165) is 6.54 Å². The highest BCUT2D eigenvalue weighted by Crippen LogP contribution is 2.41. The lowest BCUT2D eigenvalue weighted by Gasteiger charge is -2.44. The second kappa shape index (κ2) is 7.38. The molecule has 0 amide bonds. The van der Waals surface area contributed by atoms with Gasteiger partial charge in [0.25, 0.3) is 0 Å². The Labute approximate surface area is 168 Å². The topological polar surface area (TPSA) is 20.2 Å². The summed E-state index contributed by atoms with van der Waals surface area (Å²) in [5, 5.41) is 5.28. The number of fused-ring (bicyclic) bond motifs is 5. The van der Waals surface area contributed by atoms with Crippen molar-refractivity contribution in [1.29, 1.82) is 0 Å². The zero-order chi connectivity index (χ0) is 19.1. The highest BCUT2D eigenvalue weighted by atomic mass is 15.2. The number of rotatable bonds is 4. The van der Waals surface area contributed by atoms with Crippen molar-refractivity contribution >= 4 is 10.9 Å². The summed E-state index contributed by atoms with van der Waals surface area (Å²) in [4.78, 5) is 2.74. The van der Waals surface area contributed by atoms with Gasteiger partial charge in [0.2, 0.25) is 0 Å². The molecule has 2 aromatic carbocycles. The molecule has 5 rings (SSSR count). The van der Waals surface area contributed by atoms with Crippen molar-refractivity contribution in [1.82, 2.24) is 14.8 Å². The van der Waals surface area contributed by atoms with E-state index in [-0.39, 0.29) is 0 Å². The maximum atomic E-state index is 3.81. The highest BCUT2D eigenvalue weighted by Gasteiger charge is 2.37. The van der Waals surface area contributed by atoms with E-state index in [0.29, 0.717) is 18.1 Å². The third kappa shape index (κ3) is 3.17. The van der Waals surface area contributed by atoms with Gasteiger partial charge in [0.1, 0.15) is 0 Å². The van der Waals surface area contributed by atoms with Crippen molar-refractivity contribution in [2.45, 2.75) is 57.8 Å². The molecule has 0 bridgehead atoms. The summed E-state index contributed by atoms with van der Waals surface area (Å²) >= 11 is 0. The average Bonchev–Trinajstić information content (AvgIpc) is 3.03. The normalized spacial score (nSPS) is 22.4. The SMILES string of the molecule is CC(C)NC1CCN2CCc3c(n(Cc4ccccc4)c4ccccc34)C2C1. The van der Waals surface area contributed by atoms with Crippen LogP contribution in [0.2, 0.25) is 0 Å². The highest BCUT2D eigenvalue weighted by molar-refractivity contribution is 5.86. The molecule has 0 radical (unpaired) electrons. The van der Waals surface area contributed by atoms with Crippen molar-refractivity contribution in [2.24, 2.45) is 0 Å². The molecular formula is C25H31N3. The van der Waals surface area contributed by atoms with Crippen LogP contribution in [0.25, 0.3) is 10.9 Å². The smallest absolute Gasteiger partial charge is 0.0518 e. The molecule has 2 aliphatic rings. The number of piperidine rings is 1. The molecule has 0 saturated carbocycles. The molecule has 3 heterocycles. The van der Waals surface area contributed by atoms with Gasteiger partial charge in [0, 0.05) is 48.3 Å². The first-order valence-corrected chi connectivity index (χ1v) is 10.8. The zero-order valence-corrected chi connectivity index (χ0v) is 17.1. The Bertz CT molecular complexity index is 957. The van der Waals surface area contributed by atoms with Gasteiger partial charge in [-0.3, -0.25) is 4.90 Å². The van der Waals surface area contributed by atoms with Crippen LogP contribution in [0, 0.1) is 0 Å². The van der Waals surface area contributed by atoms with Gasteiger partial charge in [-0.25, -0.2) is 0 Å². The van der Waals surface area contributed by atoms with Gasteiger partial charge in [-0.1, -0.05) is 62.4 Å². The molecule has 2 atom stereocenters. The van der Waals surface area contributed by atoms with Crippen LogP contribution in [0.5, 0.6) is 0 Å². The summed E-state index contributed by atoms with van der Waals surface area (Å²) in [6, 6.07) is 21.7. The van der Waals surface area contributed by atoms with E-state index in [1.54, 1.807) is 11.3 Å². The van der Waals surface area contributed by atoms with Crippen LogP contribution in [0.4, 0.5) is 0 Å². The van der Waals surface area contributed by atoms with Gasteiger partial charge in [-0.15, -0.1) is 0 Å². The second-order valence-electron chi connectivity index (χ2n) is 8.80.